The van der Waals surface area contributed by atoms with E-state index >= 15 is 0 Å². The van der Waals surface area contributed by atoms with Crippen LogP contribution >= 0.6 is 11.3 Å². The number of amides is 2. The highest BCUT2D eigenvalue weighted by atomic mass is 32.1. The highest BCUT2D eigenvalue weighted by Gasteiger charge is 2.43. The molecule has 0 fully saturated rings. The number of anilines is 1. The summed E-state index contributed by atoms with van der Waals surface area (Å²) in [6.07, 6.45) is 0.543. The molecule has 0 aliphatic carbocycles. The lowest BCUT2D eigenvalue weighted by Gasteiger charge is -2.41. The minimum Gasteiger partial charge on any atom is -0.365 e. The van der Waals surface area contributed by atoms with Gasteiger partial charge in [0.1, 0.15) is 16.3 Å². The van der Waals surface area contributed by atoms with Crippen molar-refractivity contribution in [3.8, 4) is 0 Å². The van der Waals surface area contributed by atoms with Gasteiger partial charge in [0.15, 0.2) is 0 Å². The van der Waals surface area contributed by atoms with Crippen molar-refractivity contribution in [1.29, 1.82) is 0 Å². The van der Waals surface area contributed by atoms with Gasteiger partial charge in [-0.1, -0.05) is 5.16 Å². The maximum Gasteiger partial charge on any atom is 0.261 e. The Hall–Kier alpha value is -2.19. The van der Waals surface area contributed by atoms with E-state index in [2.05, 4.69) is 10.5 Å². The standard InChI is InChI=1S/C18H23N3O4S/c1-8-11(9(2)24-21-8)15(23)20-16-12(14(19)22)10-7-17(3,4)25-18(5,6)13(10)26-16/h7H2,1-6H3,(H2,19,22)(H,20,23). The van der Waals surface area contributed by atoms with Crippen LogP contribution in [0.25, 0.3) is 0 Å². The lowest BCUT2D eigenvalue weighted by molar-refractivity contribution is -0.135. The average molecular weight is 377 g/mol. The van der Waals surface area contributed by atoms with E-state index in [-0.39, 0.29) is 5.91 Å². The number of aromatic nitrogens is 1. The topological polar surface area (TPSA) is 107 Å². The molecule has 2 aromatic rings. The molecule has 3 N–H and O–H groups in total. The van der Waals surface area contributed by atoms with Gasteiger partial charge in [-0.3, -0.25) is 9.59 Å². The van der Waals surface area contributed by atoms with Crippen LogP contribution < -0.4 is 11.1 Å². The highest BCUT2D eigenvalue weighted by molar-refractivity contribution is 7.17. The zero-order valence-electron chi connectivity index (χ0n) is 15.8. The number of nitrogens with one attached hydrogen (secondary N) is 1. The molecule has 0 spiro atoms. The van der Waals surface area contributed by atoms with Gasteiger partial charge in [0, 0.05) is 11.3 Å². The van der Waals surface area contributed by atoms with Crippen LogP contribution in [-0.4, -0.2) is 22.6 Å². The van der Waals surface area contributed by atoms with Crippen molar-refractivity contribution in [3.05, 3.63) is 33.0 Å². The number of primary amides is 1. The van der Waals surface area contributed by atoms with Gasteiger partial charge in [0.2, 0.25) is 0 Å². The molecule has 140 valence electrons. The van der Waals surface area contributed by atoms with Gasteiger partial charge in [-0.2, -0.15) is 0 Å². The Labute approximate surface area is 155 Å². The summed E-state index contributed by atoms with van der Waals surface area (Å²) in [5.74, 6) is -0.517. The smallest absolute Gasteiger partial charge is 0.261 e. The molecule has 3 heterocycles. The van der Waals surface area contributed by atoms with Crippen LogP contribution in [0.15, 0.2) is 4.52 Å². The second-order valence-corrected chi connectivity index (χ2v) is 8.70. The molecule has 2 amide bonds. The number of thiophene rings is 1. The number of ether oxygens (including phenoxy) is 1. The molecule has 0 bridgehead atoms. The fourth-order valence-electron chi connectivity index (χ4n) is 3.64. The number of hydrogen-bond acceptors (Lipinski definition) is 6. The van der Waals surface area contributed by atoms with Crippen LogP contribution in [0.5, 0.6) is 0 Å². The Kier molecular flexibility index (Phi) is 4.23. The van der Waals surface area contributed by atoms with Gasteiger partial charge in [0.25, 0.3) is 11.8 Å². The number of nitrogens with two attached hydrogens (primary N) is 1. The molecule has 1 aliphatic heterocycles. The van der Waals surface area contributed by atoms with Crippen molar-refractivity contribution >= 4 is 28.2 Å². The third-order valence-electron chi connectivity index (χ3n) is 4.42. The summed E-state index contributed by atoms with van der Waals surface area (Å²) in [6.45, 7) is 11.2. The molecule has 7 nitrogen and oxygen atoms in total. The number of aryl methyl sites for hydroxylation is 2. The first-order chi connectivity index (χ1) is 11.9. The van der Waals surface area contributed by atoms with Crippen LogP contribution in [0.2, 0.25) is 0 Å². The quantitative estimate of drug-likeness (QED) is 0.853. The highest BCUT2D eigenvalue weighted by Crippen LogP contribution is 2.48. The molecule has 8 heteroatoms. The Balaban J connectivity index is 2.08. The van der Waals surface area contributed by atoms with Crippen molar-refractivity contribution in [1.82, 2.24) is 5.16 Å². The van der Waals surface area contributed by atoms with E-state index in [1.165, 1.54) is 11.3 Å². The number of carbonyl (C=O) groups excluding carboxylic acids is 2. The molecule has 26 heavy (non-hydrogen) atoms. The second-order valence-electron chi connectivity index (χ2n) is 7.68. The summed E-state index contributed by atoms with van der Waals surface area (Å²) >= 11 is 1.33. The van der Waals surface area contributed by atoms with Crippen molar-refractivity contribution in [2.75, 3.05) is 5.32 Å². The molecular weight excluding hydrogens is 354 g/mol. The molecule has 3 rings (SSSR count). The van der Waals surface area contributed by atoms with Crippen molar-refractivity contribution in [2.45, 2.75) is 59.2 Å². The van der Waals surface area contributed by atoms with Gasteiger partial charge < -0.3 is 20.3 Å². The van der Waals surface area contributed by atoms with Crippen LogP contribution in [0.4, 0.5) is 5.00 Å². The fraction of sp³-hybridized carbons (Fsp3) is 0.500. The summed E-state index contributed by atoms with van der Waals surface area (Å²) in [4.78, 5) is 25.8. The summed E-state index contributed by atoms with van der Waals surface area (Å²) in [5, 5.41) is 7.05. The van der Waals surface area contributed by atoms with Crippen molar-refractivity contribution < 1.29 is 18.8 Å². The molecular formula is C18H23N3O4S. The number of nitrogens with zero attached hydrogens (tertiary/aromatic N) is 1. The zero-order valence-corrected chi connectivity index (χ0v) is 16.6. The normalized spacial score (nSPS) is 17.6. The van der Waals surface area contributed by atoms with Crippen molar-refractivity contribution in [3.63, 3.8) is 0 Å². The SMILES string of the molecule is Cc1noc(C)c1C(=O)Nc1sc2c(c1C(N)=O)CC(C)(C)OC2(C)C. The number of fused-ring (bicyclic) bond motifs is 1. The van der Waals surface area contributed by atoms with Gasteiger partial charge in [0.05, 0.1) is 22.5 Å². The van der Waals surface area contributed by atoms with E-state index < -0.39 is 17.1 Å². The van der Waals surface area contributed by atoms with E-state index in [0.29, 0.717) is 34.0 Å². The van der Waals surface area contributed by atoms with Gasteiger partial charge in [-0.15, -0.1) is 11.3 Å². The van der Waals surface area contributed by atoms with E-state index in [4.69, 9.17) is 15.0 Å². The third kappa shape index (κ3) is 3.03. The Morgan fingerprint density at radius 1 is 1.19 bits per heavy atom. The molecule has 0 saturated carbocycles. The van der Waals surface area contributed by atoms with E-state index in [1.807, 2.05) is 27.7 Å². The lowest BCUT2D eigenvalue weighted by atomic mass is 9.86. The predicted molar refractivity (Wildman–Crippen MR) is 98.7 cm³/mol. The molecule has 0 atom stereocenters. The Morgan fingerprint density at radius 2 is 1.85 bits per heavy atom. The first kappa shape index (κ1) is 18.6. The maximum absolute atomic E-state index is 12.7. The first-order valence-electron chi connectivity index (χ1n) is 8.33. The fourth-order valence-corrected chi connectivity index (χ4v) is 4.90. The third-order valence-corrected chi connectivity index (χ3v) is 5.87. The molecule has 0 radical (unpaired) electrons. The van der Waals surface area contributed by atoms with Crippen LogP contribution in [-0.2, 0) is 16.8 Å². The van der Waals surface area contributed by atoms with Gasteiger partial charge in [-0.05, 0) is 47.1 Å². The first-order valence-corrected chi connectivity index (χ1v) is 9.15. The average Bonchev–Trinajstić information content (AvgIpc) is 2.97. The van der Waals surface area contributed by atoms with Crippen LogP contribution in [0.1, 0.15) is 70.3 Å². The molecule has 0 saturated heterocycles. The summed E-state index contributed by atoms with van der Waals surface area (Å²) in [5.41, 5.74) is 6.69. The number of hydrogen-bond donors (Lipinski definition) is 2. The second kappa shape index (κ2) is 5.92. The predicted octanol–water partition coefficient (Wildman–Crippen LogP) is 3.29. The molecule has 0 aromatic carbocycles. The zero-order chi connectivity index (χ0) is 19.4. The minimum atomic E-state index is -0.585. The van der Waals surface area contributed by atoms with E-state index in [9.17, 15) is 9.59 Å². The summed E-state index contributed by atoms with van der Waals surface area (Å²) < 4.78 is 11.2. The minimum absolute atomic E-state index is 0.356. The Morgan fingerprint density at radius 3 is 2.38 bits per heavy atom. The largest absolute Gasteiger partial charge is 0.365 e. The lowest BCUT2D eigenvalue weighted by Crippen LogP contribution is -2.42. The summed E-state index contributed by atoms with van der Waals surface area (Å²) in [6, 6.07) is 0. The van der Waals surface area contributed by atoms with Crippen LogP contribution in [0.3, 0.4) is 0 Å². The molecule has 0 unspecified atom stereocenters. The molecule has 2 aromatic heterocycles. The summed E-state index contributed by atoms with van der Waals surface area (Å²) in [7, 11) is 0. The van der Waals surface area contributed by atoms with Gasteiger partial charge in [-0.25, -0.2) is 0 Å². The maximum atomic E-state index is 12.7. The van der Waals surface area contributed by atoms with Crippen LogP contribution in [0, 0.1) is 13.8 Å². The Bertz CT molecular complexity index is 888. The number of rotatable bonds is 3. The van der Waals surface area contributed by atoms with Crippen molar-refractivity contribution in [2.24, 2.45) is 5.73 Å². The van der Waals surface area contributed by atoms with E-state index in [1.54, 1.807) is 13.8 Å². The van der Waals surface area contributed by atoms with Gasteiger partial charge >= 0.3 is 0 Å². The number of carbonyl (C=O) groups is 2. The van der Waals surface area contributed by atoms with E-state index in [0.717, 1.165) is 10.4 Å². The molecule has 1 aliphatic rings. The monoisotopic (exact) mass is 377 g/mol.